The molecule has 26 heavy (non-hydrogen) atoms. The van der Waals surface area contributed by atoms with E-state index in [2.05, 4.69) is 15.4 Å². The number of halogens is 2. The molecular weight excluding hydrogens is 348 g/mol. The molecule has 0 spiro atoms. The number of ether oxygens (including phenoxy) is 2. The number of benzene rings is 2. The fraction of sp³-hybridized carbons (Fsp3) is 0.294. The predicted octanol–water partition coefficient (Wildman–Crippen LogP) is 3.78. The molecule has 0 atom stereocenters. The van der Waals surface area contributed by atoms with Gasteiger partial charge in [-0.2, -0.15) is 8.78 Å². The number of nitrogens with zero attached hydrogens (tertiary/aromatic N) is 1. The van der Waals surface area contributed by atoms with Crippen LogP contribution in [0.4, 0.5) is 25.8 Å². The van der Waals surface area contributed by atoms with Gasteiger partial charge in [-0.15, -0.1) is 0 Å². The van der Waals surface area contributed by atoms with Crippen molar-refractivity contribution in [3.8, 4) is 11.5 Å². The van der Waals surface area contributed by atoms with Crippen LogP contribution in [0.25, 0.3) is 0 Å². The molecule has 2 aromatic rings. The lowest BCUT2D eigenvalue weighted by molar-refractivity contribution is -0.384. The van der Waals surface area contributed by atoms with Crippen molar-refractivity contribution >= 4 is 17.1 Å². The Morgan fingerprint density at radius 2 is 2.12 bits per heavy atom. The molecule has 1 aliphatic rings. The molecule has 0 aromatic heterocycles. The van der Waals surface area contributed by atoms with Crippen molar-refractivity contribution in [1.29, 1.82) is 0 Å². The van der Waals surface area contributed by atoms with Crippen LogP contribution >= 0.6 is 0 Å². The van der Waals surface area contributed by atoms with Crippen molar-refractivity contribution in [2.75, 3.05) is 24.3 Å². The van der Waals surface area contributed by atoms with E-state index >= 15 is 0 Å². The minimum absolute atomic E-state index is 0.0231. The van der Waals surface area contributed by atoms with Gasteiger partial charge < -0.3 is 20.1 Å². The van der Waals surface area contributed by atoms with E-state index in [1.165, 1.54) is 25.3 Å². The molecule has 1 aliphatic heterocycles. The number of hydrogen-bond acceptors (Lipinski definition) is 6. The lowest BCUT2D eigenvalue weighted by atomic mass is 10.1. The lowest BCUT2D eigenvalue weighted by Gasteiger charge is -2.14. The fourth-order valence-electron chi connectivity index (χ4n) is 2.94. The molecule has 0 amide bonds. The van der Waals surface area contributed by atoms with Gasteiger partial charge in [-0.25, -0.2) is 0 Å². The number of anilines is 2. The lowest BCUT2D eigenvalue weighted by Crippen LogP contribution is -2.07. The molecule has 0 unspecified atom stereocenters. The van der Waals surface area contributed by atoms with E-state index in [0.717, 1.165) is 11.3 Å². The number of alkyl halides is 2. The minimum Gasteiger partial charge on any atom is -0.493 e. The van der Waals surface area contributed by atoms with E-state index in [-0.39, 0.29) is 23.7 Å². The van der Waals surface area contributed by atoms with Crippen molar-refractivity contribution < 1.29 is 23.2 Å². The van der Waals surface area contributed by atoms with Crippen LogP contribution in [0.5, 0.6) is 11.5 Å². The van der Waals surface area contributed by atoms with Crippen LogP contribution in [0.2, 0.25) is 0 Å². The van der Waals surface area contributed by atoms with Crippen molar-refractivity contribution in [2.24, 2.45) is 0 Å². The van der Waals surface area contributed by atoms with Gasteiger partial charge in [0, 0.05) is 30.4 Å². The Labute approximate surface area is 148 Å². The summed E-state index contributed by atoms with van der Waals surface area (Å²) in [4.78, 5) is 10.9. The first-order chi connectivity index (χ1) is 12.5. The van der Waals surface area contributed by atoms with E-state index in [1.54, 1.807) is 12.1 Å². The number of rotatable bonds is 7. The maximum Gasteiger partial charge on any atom is 0.387 e. The molecule has 0 saturated heterocycles. The van der Waals surface area contributed by atoms with E-state index in [4.69, 9.17) is 4.74 Å². The number of hydrogen-bond donors (Lipinski definition) is 2. The Morgan fingerprint density at radius 1 is 1.31 bits per heavy atom. The van der Waals surface area contributed by atoms with Crippen LogP contribution in [0.3, 0.4) is 0 Å². The Kier molecular flexibility index (Phi) is 5.06. The Balaban J connectivity index is 1.85. The number of nitro groups is 1. The average molecular weight is 365 g/mol. The van der Waals surface area contributed by atoms with Gasteiger partial charge in [0.25, 0.3) is 5.69 Å². The Bertz CT molecular complexity index is 830. The molecule has 2 N–H and O–H groups in total. The first kappa shape index (κ1) is 17.7. The fourth-order valence-corrected chi connectivity index (χ4v) is 2.94. The van der Waals surface area contributed by atoms with Gasteiger partial charge in [0.2, 0.25) is 0 Å². The highest BCUT2D eigenvalue weighted by atomic mass is 19.3. The first-order valence-electron chi connectivity index (χ1n) is 7.89. The molecule has 9 heteroatoms. The third-order valence-electron chi connectivity index (χ3n) is 4.09. The van der Waals surface area contributed by atoms with E-state index < -0.39 is 11.5 Å². The second-order valence-corrected chi connectivity index (χ2v) is 5.64. The van der Waals surface area contributed by atoms with Gasteiger partial charge in [-0.1, -0.05) is 6.07 Å². The van der Waals surface area contributed by atoms with E-state index in [0.29, 0.717) is 24.2 Å². The standard InChI is InChI=1S/C17H17F2N3O4/c1-25-14-5-2-10(8-15(14)26-17(18)19)9-21-16-11-6-7-20-12(11)3-4-13(16)22(23)24/h2-5,8,17,20-21H,6-7,9H2,1H3. The number of methoxy groups -OCH3 is 1. The number of fused-ring (bicyclic) bond motifs is 1. The van der Waals surface area contributed by atoms with Crippen molar-refractivity contribution in [2.45, 2.75) is 19.6 Å². The normalized spacial score (nSPS) is 12.5. The predicted molar refractivity (Wildman–Crippen MR) is 92.2 cm³/mol. The first-order valence-corrected chi connectivity index (χ1v) is 7.89. The number of nitro benzene ring substituents is 1. The maximum absolute atomic E-state index is 12.5. The molecule has 0 bridgehead atoms. The van der Waals surface area contributed by atoms with Crippen molar-refractivity contribution in [3.63, 3.8) is 0 Å². The molecule has 138 valence electrons. The second-order valence-electron chi connectivity index (χ2n) is 5.64. The summed E-state index contributed by atoms with van der Waals surface area (Å²) in [6, 6.07) is 7.75. The maximum atomic E-state index is 12.5. The highest BCUT2D eigenvalue weighted by molar-refractivity contribution is 5.77. The highest BCUT2D eigenvalue weighted by Gasteiger charge is 2.23. The van der Waals surface area contributed by atoms with Crippen LogP contribution in [-0.2, 0) is 13.0 Å². The third-order valence-corrected chi connectivity index (χ3v) is 4.09. The van der Waals surface area contributed by atoms with Crippen molar-refractivity contribution in [3.05, 3.63) is 51.6 Å². The zero-order valence-corrected chi connectivity index (χ0v) is 13.9. The van der Waals surface area contributed by atoms with E-state index in [9.17, 15) is 18.9 Å². The summed E-state index contributed by atoms with van der Waals surface area (Å²) >= 11 is 0. The molecule has 3 rings (SSSR count). The summed E-state index contributed by atoms with van der Waals surface area (Å²) in [5.41, 5.74) is 2.74. The van der Waals surface area contributed by atoms with Gasteiger partial charge in [-0.05, 0) is 30.2 Å². The average Bonchev–Trinajstić information content (AvgIpc) is 3.08. The molecule has 0 aliphatic carbocycles. The third kappa shape index (κ3) is 3.61. The summed E-state index contributed by atoms with van der Waals surface area (Å²) < 4.78 is 34.5. The van der Waals surface area contributed by atoms with Crippen LogP contribution in [0.1, 0.15) is 11.1 Å². The molecule has 2 aromatic carbocycles. The summed E-state index contributed by atoms with van der Waals surface area (Å²) in [7, 11) is 1.36. The Morgan fingerprint density at radius 3 is 2.81 bits per heavy atom. The smallest absolute Gasteiger partial charge is 0.387 e. The van der Waals surface area contributed by atoms with Crippen molar-refractivity contribution in [1.82, 2.24) is 0 Å². The van der Waals surface area contributed by atoms with Gasteiger partial charge in [0.05, 0.1) is 12.0 Å². The van der Waals surface area contributed by atoms with Crippen LogP contribution < -0.4 is 20.1 Å². The largest absolute Gasteiger partial charge is 0.493 e. The van der Waals surface area contributed by atoms with Gasteiger partial charge in [0.15, 0.2) is 11.5 Å². The topological polar surface area (TPSA) is 85.7 Å². The van der Waals surface area contributed by atoms with Crippen LogP contribution in [-0.4, -0.2) is 25.2 Å². The van der Waals surface area contributed by atoms with Gasteiger partial charge in [-0.3, -0.25) is 10.1 Å². The summed E-state index contributed by atoms with van der Waals surface area (Å²) in [5, 5.41) is 17.5. The summed E-state index contributed by atoms with van der Waals surface area (Å²) in [5.74, 6) is 0.0982. The van der Waals surface area contributed by atoms with Crippen LogP contribution in [0.15, 0.2) is 30.3 Å². The SMILES string of the molecule is COc1ccc(CNc2c([N+](=O)[O-])ccc3c2CCN3)cc1OC(F)F. The minimum atomic E-state index is -2.98. The number of nitrogens with one attached hydrogen (secondary N) is 2. The molecule has 7 nitrogen and oxygen atoms in total. The zero-order valence-electron chi connectivity index (χ0n) is 13.9. The van der Waals surface area contributed by atoms with Crippen LogP contribution in [0, 0.1) is 10.1 Å². The molecular formula is C17H17F2N3O4. The summed E-state index contributed by atoms with van der Waals surface area (Å²) in [6.07, 6.45) is 0.668. The van der Waals surface area contributed by atoms with Gasteiger partial charge in [0.1, 0.15) is 5.69 Å². The molecule has 1 heterocycles. The molecule has 0 saturated carbocycles. The molecule has 0 fully saturated rings. The Hall–Kier alpha value is -3.10. The van der Waals surface area contributed by atoms with Gasteiger partial charge >= 0.3 is 6.61 Å². The zero-order chi connectivity index (χ0) is 18.7. The second kappa shape index (κ2) is 7.42. The molecule has 0 radical (unpaired) electrons. The summed E-state index contributed by atoms with van der Waals surface area (Å²) in [6.45, 7) is -2.06. The van der Waals surface area contributed by atoms with E-state index in [1.807, 2.05) is 0 Å². The monoisotopic (exact) mass is 365 g/mol. The quantitative estimate of drug-likeness (QED) is 0.574. The highest BCUT2D eigenvalue weighted by Crippen LogP contribution is 2.37.